The van der Waals surface area contributed by atoms with Crippen LogP contribution in [0.25, 0.3) is 17.0 Å². The van der Waals surface area contributed by atoms with E-state index in [2.05, 4.69) is 31.1 Å². The molecule has 0 aliphatic carbocycles. The number of nitrogens with zero attached hydrogens (tertiary/aromatic N) is 4. The topological polar surface area (TPSA) is 43.1 Å². The molecule has 2 aromatic heterocycles. The van der Waals surface area contributed by atoms with Crippen molar-refractivity contribution in [2.75, 3.05) is 0 Å². The Morgan fingerprint density at radius 2 is 2.11 bits per heavy atom. The number of halogens is 2. The molecule has 2 heterocycles. The molecule has 18 heavy (non-hydrogen) atoms. The first-order valence-corrected chi connectivity index (χ1v) is 6.46. The maximum Gasteiger partial charge on any atom is 0.198 e. The Kier molecular flexibility index (Phi) is 2.80. The Balaban J connectivity index is 2.33. The zero-order chi connectivity index (χ0) is 12.7. The van der Waals surface area contributed by atoms with Crippen LogP contribution in [0.1, 0.15) is 5.56 Å². The van der Waals surface area contributed by atoms with Crippen LogP contribution in [0.2, 0.25) is 5.15 Å². The molecular formula is C12H8BrClN4. The number of aromatic nitrogens is 4. The lowest BCUT2D eigenvalue weighted by Crippen LogP contribution is -1.93. The molecule has 0 radical (unpaired) electrons. The van der Waals surface area contributed by atoms with Gasteiger partial charge in [0.15, 0.2) is 16.6 Å². The normalized spacial score (nSPS) is 11.1. The summed E-state index contributed by atoms with van der Waals surface area (Å²) in [5.74, 6) is 0.758. The highest BCUT2D eigenvalue weighted by atomic mass is 79.9. The minimum absolute atomic E-state index is 0.351. The standard InChI is InChI=1S/C12H8BrClN4/c1-7-8(3-2-4-9(7)13)11-16-17-12-10(14)15-5-6-18(11)12/h2-6H,1H3. The Morgan fingerprint density at radius 3 is 2.94 bits per heavy atom. The van der Waals surface area contributed by atoms with Crippen LogP contribution in [0.15, 0.2) is 35.1 Å². The van der Waals surface area contributed by atoms with E-state index < -0.39 is 0 Å². The molecule has 0 fully saturated rings. The number of rotatable bonds is 1. The lowest BCUT2D eigenvalue weighted by Gasteiger charge is -2.05. The van der Waals surface area contributed by atoms with Crippen molar-refractivity contribution in [1.29, 1.82) is 0 Å². The third kappa shape index (κ3) is 1.71. The van der Waals surface area contributed by atoms with Gasteiger partial charge in [0.1, 0.15) is 0 Å². The summed E-state index contributed by atoms with van der Waals surface area (Å²) >= 11 is 9.50. The molecule has 0 aliphatic heterocycles. The highest BCUT2D eigenvalue weighted by Crippen LogP contribution is 2.28. The molecule has 0 spiro atoms. The summed E-state index contributed by atoms with van der Waals surface area (Å²) < 4.78 is 2.88. The van der Waals surface area contributed by atoms with Crippen molar-refractivity contribution >= 4 is 33.2 Å². The van der Waals surface area contributed by atoms with Gasteiger partial charge in [-0.05, 0) is 18.6 Å². The zero-order valence-corrected chi connectivity index (χ0v) is 11.8. The van der Waals surface area contributed by atoms with E-state index in [9.17, 15) is 0 Å². The van der Waals surface area contributed by atoms with Crippen LogP contribution in [0.5, 0.6) is 0 Å². The molecule has 90 valence electrons. The molecular weight excluding hydrogens is 316 g/mol. The summed E-state index contributed by atoms with van der Waals surface area (Å²) in [6.07, 6.45) is 3.44. The summed E-state index contributed by atoms with van der Waals surface area (Å²) in [6, 6.07) is 5.97. The molecule has 0 saturated heterocycles. The monoisotopic (exact) mass is 322 g/mol. The summed E-state index contributed by atoms with van der Waals surface area (Å²) in [6.45, 7) is 2.03. The van der Waals surface area contributed by atoms with E-state index in [1.54, 1.807) is 12.4 Å². The molecule has 4 nitrogen and oxygen atoms in total. The van der Waals surface area contributed by atoms with E-state index in [1.165, 1.54) is 0 Å². The summed E-state index contributed by atoms with van der Waals surface area (Å²) in [5.41, 5.74) is 2.69. The molecule has 6 heteroatoms. The average Bonchev–Trinajstić information content (AvgIpc) is 2.78. The molecule has 0 unspecified atom stereocenters. The Morgan fingerprint density at radius 1 is 1.28 bits per heavy atom. The van der Waals surface area contributed by atoms with Crippen LogP contribution in [-0.4, -0.2) is 19.6 Å². The van der Waals surface area contributed by atoms with Crippen molar-refractivity contribution in [2.24, 2.45) is 0 Å². The van der Waals surface area contributed by atoms with E-state index in [-0.39, 0.29) is 0 Å². The SMILES string of the molecule is Cc1c(Br)cccc1-c1nnc2c(Cl)nccn12. The fourth-order valence-corrected chi connectivity index (χ4v) is 2.38. The molecule has 0 N–H and O–H groups in total. The van der Waals surface area contributed by atoms with Crippen molar-refractivity contribution in [3.8, 4) is 11.4 Å². The number of hydrogen-bond acceptors (Lipinski definition) is 3. The molecule has 0 aliphatic rings. The minimum atomic E-state index is 0.351. The summed E-state index contributed by atoms with van der Waals surface area (Å²) in [4.78, 5) is 3.99. The smallest absolute Gasteiger partial charge is 0.198 e. The second-order valence-corrected chi connectivity index (χ2v) is 5.06. The largest absolute Gasteiger partial charge is 0.278 e. The minimum Gasteiger partial charge on any atom is -0.278 e. The van der Waals surface area contributed by atoms with Crippen LogP contribution in [-0.2, 0) is 0 Å². The maximum absolute atomic E-state index is 5.99. The van der Waals surface area contributed by atoms with Crippen LogP contribution in [0, 0.1) is 6.92 Å². The van der Waals surface area contributed by atoms with Gasteiger partial charge in [-0.1, -0.05) is 39.7 Å². The van der Waals surface area contributed by atoms with Crippen LogP contribution < -0.4 is 0 Å². The van der Waals surface area contributed by atoms with E-state index >= 15 is 0 Å². The van der Waals surface area contributed by atoms with Gasteiger partial charge in [-0.15, -0.1) is 10.2 Å². The zero-order valence-electron chi connectivity index (χ0n) is 9.43. The number of benzene rings is 1. The highest BCUT2D eigenvalue weighted by molar-refractivity contribution is 9.10. The van der Waals surface area contributed by atoms with Crippen molar-refractivity contribution in [2.45, 2.75) is 6.92 Å². The van der Waals surface area contributed by atoms with Gasteiger partial charge in [-0.25, -0.2) is 4.98 Å². The van der Waals surface area contributed by atoms with Crippen LogP contribution >= 0.6 is 27.5 Å². The third-order valence-electron chi connectivity index (χ3n) is 2.79. The van der Waals surface area contributed by atoms with Crippen molar-refractivity contribution in [3.05, 3.63) is 45.8 Å². The van der Waals surface area contributed by atoms with Gasteiger partial charge >= 0.3 is 0 Å². The van der Waals surface area contributed by atoms with Crippen LogP contribution in [0.3, 0.4) is 0 Å². The van der Waals surface area contributed by atoms with E-state index in [4.69, 9.17) is 11.6 Å². The molecule has 0 bridgehead atoms. The highest BCUT2D eigenvalue weighted by Gasteiger charge is 2.13. The van der Waals surface area contributed by atoms with Gasteiger partial charge < -0.3 is 0 Å². The second-order valence-electron chi connectivity index (χ2n) is 3.85. The maximum atomic E-state index is 5.99. The molecule has 0 atom stereocenters. The van der Waals surface area contributed by atoms with Crippen molar-refractivity contribution in [1.82, 2.24) is 19.6 Å². The first-order valence-electron chi connectivity index (χ1n) is 5.29. The van der Waals surface area contributed by atoms with E-state index in [0.717, 1.165) is 21.4 Å². The Bertz CT molecular complexity index is 738. The fourth-order valence-electron chi connectivity index (χ4n) is 1.83. The van der Waals surface area contributed by atoms with Gasteiger partial charge in [0, 0.05) is 22.4 Å². The van der Waals surface area contributed by atoms with Gasteiger partial charge in [-0.2, -0.15) is 0 Å². The predicted molar refractivity (Wildman–Crippen MR) is 73.7 cm³/mol. The Labute approximate surface area is 117 Å². The van der Waals surface area contributed by atoms with Gasteiger partial charge in [0.2, 0.25) is 0 Å². The number of fused-ring (bicyclic) bond motifs is 1. The van der Waals surface area contributed by atoms with Gasteiger partial charge in [0.25, 0.3) is 0 Å². The molecule has 3 aromatic rings. The second kappa shape index (κ2) is 4.33. The lowest BCUT2D eigenvalue weighted by molar-refractivity contribution is 1.10. The third-order valence-corrected chi connectivity index (χ3v) is 3.92. The first kappa shape index (κ1) is 11.6. The van der Waals surface area contributed by atoms with E-state index in [0.29, 0.717) is 10.8 Å². The average molecular weight is 324 g/mol. The van der Waals surface area contributed by atoms with Gasteiger partial charge in [0.05, 0.1) is 0 Å². The van der Waals surface area contributed by atoms with Crippen molar-refractivity contribution < 1.29 is 0 Å². The number of hydrogen-bond donors (Lipinski definition) is 0. The predicted octanol–water partition coefficient (Wildman–Crippen LogP) is 3.52. The Hall–Kier alpha value is -1.46. The van der Waals surface area contributed by atoms with Crippen molar-refractivity contribution in [3.63, 3.8) is 0 Å². The van der Waals surface area contributed by atoms with Gasteiger partial charge in [-0.3, -0.25) is 4.40 Å². The fraction of sp³-hybridized carbons (Fsp3) is 0.0833. The van der Waals surface area contributed by atoms with Crippen LogP contribution in [0.4, 0.5) is 0 Å². The molecule has 3 rings (SSSR count). The first-order chi connectivity index (χ1) is 8.68. The quantitative estimate of drug-likeness (QED) is 0.688. The van der Waals surface area contributed by atoms with E-state index in [1.807, 2.05) is 29.5 Å². The molecule has 0 saturated carbocycles. The molecule has 0 amide bonds. The summed E-state index contributed by atoms with van der Waals surface area (Å²) in [7, 11) is 0. The summed E-state index contributed by atoms with van der Waals surface area (Å²) in [5, 5.41) is 8.62. The molecule has 1 aromatic carbocycles. The lowest BCUT2D eigenvalue weighted by atomic mass is 10.1.